The lowest BCUT2D eigenvalue weighted by atomic mass is 9.90. The molecular weight excluding hydrogens is 284 g/mol. The number of hydrogen-bond acceptors (Lipinski definition) is 5. The van der Waals surface area contributed by atoms with Gasteiger partial charge in [-0.05, 0) is 0 Å². The molecule has 0 saturated carbocycles. The minimum atomic E-state index is -0.837. The van der Waals surface area contributed by atoms with Crippen molar-refractivity contribution in [1.29, 1.82) is 0 Å². The molecule has 1 fully saturated rings. The molecule has 3 heterocycles. The lowest BCUT2D eigenvalue weighted by Crippen LogP contribution is -2.43. The second kappa shape index (κ2) is 4.77. The number of aliphatic hydroxyl groups is 1. The number of aryl methyl sites for hydroxylation is 1. The fraction of sp³-hybridized carbons (Fsp3) is 0.500. The molecule has 0 amide bonds. The molecule has 0 radical (unpaired) electrons. The number of rotatable bonds is 2. The zero-order chi connectivity index (χ0) is 13.5. The summed E-state index contributed by atoms with van der Waals surface area (Å²) in [6, 6.07) is 0. The minimum Gasteiger partial charge on any atom is -0.382 e. The molecule has 0 aliphatic carbocycles. The summed E-state index contributed by atoms with van der Waals surface area (Å²) in [5.74, 6) is 0.740. The van der Waals surface area contributed by atoms with Crippen molar-refractivity contribution in [3.8, 4) is 0 Å². The Balaban J connectivity index is 1.74. The van der Waals surface area contributed by atoms with E-state index in [1.165, 1.54) is 11.3 Å². The third-order valence-corrected chi connectivity index (χ3v) is 4.74. The second-order valence-corrected chi connectivity index (χ2v) is 6.47. The predicted molar refractivity (Wildman–Crippen MR) is 75.7 cm³/mol. The van der Waals surface area contributed by atoms with Gasteiger partial charge in [0.1, 0.15) is 15.8 Å². The van der Waals surface area contributed by atoms with Crippen LogP contribution in [0.1, 0.15) is 18.7 Å². The van der Waals surface area contributed by atoms with Crippen LogP contribution in [0.4, 0.5) is 5.13 Å². The van der Waals surface area contributed by atoms with Crippen LogP contribution in [0.2, 0.25) is 4.34 Å². The van der Waals surface area contributed by atoms with E-state index in [4.69, 9.17) is 11.6 Å². The summed E-state index contributed by atoms with van der Waals surface area (Å²) < 4.78 is 2.58. The quantitative estimate of drug-likeness (QED) is 0.921. The van der Waals surface area contributed by atoms with Gasteiger partial charge in [0.2, 0.25) is 0 Å². The van der Waals surface area contributed by atoms with Crippen LogP contribution in [0.25, 0.3) is 0 Å². The fourth-order valence-corrected chi connectivity index (χ4v) is 3.45. The molecule has 0 spiro atoms. The summed E-state index contributed by atoms with van der Waals surface area (Å²) in [4.78, 5) is 10.7. The molecule has 1 N–H and O–H groups in total. The molecule has 7 heteroatoms. The molecule has 3 rings (SSSR count). The van der Waals surface area contributed by atoms with Gasteiger partial charge in [0.15, 0.2) is 5.13 Å². The van der Waals surface area contributed by atoms with Crippen LogP contribution in [0.5, 0.6) is 0 Å². The van der Waals surface area contributed by atoms with E-state index in [0.29, 0.717) is 17.2 Å². The Morgan fingerprint density at radius 2 is 2.11 bits per heavy atom. The molecule has 1 aliphatic rings. The number of aromatic nitrogens is 3. The number of nitrogens with zero attached hydrogens (tertiary/aromatic N) is 4. The molecule has 0 bridgehead atoms. The maximum Gasteiger partial charge on any atom is 0.186 e. The van der Waals surface area contributed by atoms with E-state index in [2.05, 4.69) is 14.9 Å². The molecular formula is C12H15ClN4OS. The second-order valence-electron chi connectivity index (χ2n) is 4.83. The number of piperidine rings is 1. The number of anilines is 1. The topological polar surface area (TPSA) is 54.2 Å². The van der Waals surface area contributed by atoms with Crippen molar-refractivity contribution in [1.82, 2.24) is 14.5 Å². The maximum absolute atomic E-state index is 10.7. The molecule has 0 atom stereocenters. The van der Waals surface area contributed by atoms with Crippen molar-refractivity contribution in [3.63, 3.8) is 0 Å². The molecule has 2 aromatic heterocycles. The van der Waals surface area contributed by atoms with Gasteiger partial charge in [-0.2, -0.15) is 0 Å². The summed E-state index contributed by atoms with van der Waals surface area (Å²) in [5, 5.41) is 11.7. The highest BCUT2D eigenvalue weighted by molar-refractivity contribution is 7.19. The Hall–Kier alpha value is -1.11. The highest BCUT2D eigenvalue weighted by Crippen LogP contribution is 2.35. The van der Waals surface area contributed by atoms with Crippen LogP contribution in [0.3, 0.4) is 0 Å². The summed E-state index contributed by atoms with van der Waals surface area (Å²) >= 11 is 7.38. The number of imidazole rings is 1. The normalized spacial score (nSPS) is 18.8. The van der Waals surface area contributed by atoms with Crippen LogP contribution in [-0.4, -0.2) is 32.7 Å². The smallest absolute Gasteiger partial charge is 0.186 e. The van der Waals surface area contributed by atoms with Crippen molar-refractivity contribution in [2.45, 2.75) is 18.4 Å². The van der Waals surface area contributed by atoms with Crippen molar-refractivity contribution < 1.29 is 5.11 Å². The highest BCUT2D eigenvalue weighted by Gasteiger charge is 2.37. The van der Waals surface area contributed by atoms with E-state index in [0.717, 1.165) is 24.0 Å². The van der Waals surface area contributed by atoms with Gasteiger partial charge in [0.25, 0.3) is 0 Å². The molecule has 2 aromatic rings. The third kappa shape index (κ3) is 2.35. The lowest BCUT2D eigenvalue weighted by Gasteiger charge is -2.37. The first-order valence-electron chi connectivity index (χ1n) is 6.15. The van der Waals surface area contributed by atoms with Crippen molar-refractivity contribution in [2.24, 2.45) is 7.05 Å². The summed E-state index contributed by atoms with van der Waals surface area (Å²) in [7, 11) is 1.91. The minimum absolute atomic E-state index is 0.648. The van der Waals surface area contributed by atoms with Gasteiger partial charge in [-0.25, -0.2) is 9.97 Å². The van der Waals surface area contributed by atoms with Crippen LogP contribution in [0.15, 0.2) is 18.6 Å². The van der Waals surface area contributed by atoms with E-state index >= 15 is 0 Å². The Labute approximate surface area is 120 Å². The molecule has 102 valence electrons. The van der Waals surface area contributed by atoms with E-state index in [1.54, 1.807) is 12.4 Å². The predicted octanol–water partition coefficient (Wildman–Crippen LogP) is 2.02. The Morgan fingerprint density at radius 3 is 2.63 bits per heavy atom. The summed E-state index contributed by atoms with van der Waals surface area (Å²) in [6.45, 7) is 1.51. The molecule has 1 aliphatic heterocycles. The molecule has 0 unspecified atom stereocenters. The molecule has 5 nitrogen and oxygen atoms in total. The zero-order valence-electron chi connectivity index (χ0n) is 10.6. The van der Waals surface area contributed by atoms with E-state index < -0.39 is 5.60 Å². The van der Waals surface area contributed by atoms with Gasteiger partial charge < -0.3 is 14.6 Å². The first-order chi connectivity index (χ1) is 9.08. The SMILES string of the molecule is Cn1ccnc1C1(O)CCN(c2ncc(Cl)s2)CC1. The lowest BCUT2D eigenvalue weighted by molar-refractivity contribution is 0.000780. The standard InChI is InChI=1S/C12H15ClN4OS/c1-16-7-4-14-10(16)12(18)2-5-17(6-3-12)11-15-8-9(13)19-11/h4,7-8,18H,2-3,5-6H2,1H3. The molecule has 1 saturated heterocycles. The van der Waals surface area contributed by atoms with E-state index in [1.807, 2.05) is 17.8 Å². The number of halogens is 1. The van der Waals surface area contributed by atoms with Crippen LogP contribution < -0.4 is 4.90 Å². The van der Waals surface area contributed by atoms with Crippen molar-refractivity contribution in [3.05, 3.63) is 28.8 Å². The highest BCUT2D eigenvalue weighted by atomic mass is 35.5. The number of hydrogen-bond donors (Lipinski definition) is 1. The third-order valence-electron chi connectivity index (χ3n) is 3.56. The fourth-order valence-electron chi connectivity index (χ4n) is 2.50. The maximum atomic E-state index is 10.7. The van der Waals surface area contributed by atoms with Crippen LogP contribution in [0, 0.1) is 0 Å². The average Bonchev–Trinajstić information content (AvgIpc) is 2.99. The Morgan fingerprint density at radius 1 is 1.37 bits per heavy atom. The van der Waals surface area contributed by atoms with Crippen molar-refractivity contribution in [2.75, 3.05) is 18.0 Å². The first-order valence-corrected chi connectivity index (χ1v) is 7.34. The van der Waals surface area contributed by atoms with Gasteiger partial charge in [-0.1, -0.05) is 22.9 Å². The largest absolute Gasteiger partial charge is 0.382 e. The summed E-state index contributed by atoms with van der Waals surface area (Å²) in [5.41, 5.74) is -0.837. The summed E-state index contributed by atoms with van der Waals surface area (Å²) in [6.07, 6.45) is 6.55. The van der Waals surface area contributed by atoms with E-state index in [9.17, 15) is 5.11 Å². The van der Waals surface area contributed by atoms with Crippen LogP contribution in [-0.2, 0) is 12.6 Å². The zero-order valence-corrected chi connectivity index (χ0v) is 12.2. The van der Waals surface area contributed by atoms with Crippen LogP contribution >= 0.6 is 22.9 Å². The van der Waals surface area contributed by atoms with Gasteiger partial charge >= 0.3 is 0 Å². The average molecular weight is 299 g/mol. The van der Waals surface area contributed by atoms with E-state index in [-0.39, 0.29) is 0 Å². The first kappa shape index (κ1) is 12.9. The molecule has 0 aromatic carbocycles. The van der Waals surface area contributed by atoms with Gasteiger partial charge in [0.05, 0.1) is 6.20 Å². The van der Waals surface area contributed by atoms with Gasteiger partial charge in [-0.3, -0.25) is 0 Å². The molecule has 19 heavy (non-hydrogen) atoms. The van der Waals surface area contributed by atoms with Gasteiger partial charge in [0, 0.05) is 45.4 Å². The Bertz CT molecular complexity index is 574. The Kier molecular flexibility index (Phi) is 3.24. The van der Waals surface area contributed by atoms with Gasteiger partial charge in [-0.15, -0.1) is 0 Å². The van der Waals surface area contributed by atoms with Crippen molar-refractivity contribution >= 4 is 28.1 Å². The number of thiazole rings is 1. The monoisotopic (exact) mass is 298 g/mol.